The van der Waals surface area contributed by atoms with Gasteiger partial charge in [0.15, 0.2) is 0 Å². The van der Waals surface area contributed by atoms with Crippen molar-refractivity contribution in [2.45, 2.75) is 51.6 Å². The number of nitrogens with zero attached hydrogens (tertiary/aromatic N) is 4. The molecule has 138 valence electrons. The first kappa shape index (κ1) is 17.9. The third kappa shape index (κ3) is 4.81. The Kier molecular flexibility index (Phi) is 6.07. The first-order valence-corrected chi connectivity index (χ1v) is 9.40. The van der Waals surface area contributed by atoms with Gasteiger partial charge >= 0.3 is 0 Å². The van der Waals surface area contributed by atoms with Crippen LogP contribution in [0.25, 0.3) is 0 Å². The summed E-state index contributed by atoms with van der Waals surface area (Å²) in [5.74, 6) is 0.387. The molecule has 2 amide bonds. The lowest BCUT2D eigenvalue weighted by atomic mass is 10.1. The van der Waals surface area contributed by atoms with E-state index >= 15 is 0 Å². The number of hydrogen-bond donors (Lipinski definition) is 1. The molecule has 7 heteroatoms. The Morgan fingerprint density at radius 2 is 2.16 bits per heavy atom. The number of rotatable bonds is 4. The van der Waals surface area contributed by atoms with Gasteiger partial charge in [-0.2, -0.15) is 5.10 Å². The van der Waals surface area contributed by atoms with E-state index in [1.165, 1.54) is 0 Å². The molecular formula is C18H29N5O2. The maximum atomic E-state index is 12.5. The van der Waals surface area contributed by atoms with Gasteiger partial charge in [-0.1, -0.05) is 0 Å². The van der Waals surface area contributed by atoms with E-state index in [-0.39, 0.29) is 11.8 Å². The van der Waals surface area contributed by atoms with E-state index in [2.05, 4.69) is 15.3 Å². The molecule has 0 aliphatic carbocycles. The molecule has 1 atom stereocenters. The molecular weight excluding hydrogens is 318 g/mol. The van der Waals surface area contributed by atoms with Crippen LogP contribution in [-0.4, -0.2) is 70.2 Å². The Balaban J connectivity index is 1.48. The van der Waals surface area contributed by atoms with Gasteiger partial charge in [-0.15, -0.1) is 0 Å². The third-order valence-corrected chi connectivity index (χ3v) is 5.37. The largest absolute Gasteiger partial charge is 0.356 e. The fourth-order valence-electron chi connectivity index (χ4n) is 3.82. The minimum Gasteiger partial charge on any atom is -0.356 e. The summed E-state index contributed by atoms with van der Waals surface area (Å²) in [5.41, 5.74) is 1.09. The Morgan fingerprint density at radius 3 is 2.96 bits per heavy atom. The van der Waals surface area contributed by atoms with Gasteiger partial charge in [0, 0.05) is 70.0 Å². The van der Waals surface area contributed by atoms with Crippen molar-refractivity contribution in [3.05, 3.63) is 18.0 Å². The number of carbonyl (C=O) groups is 2. The summed E-state index contributed by atoms with van der Waals surface area (Å²) >= 11 is 0. The molecule has 25 heavy (non-hydrogen) atoms. The summed E-state index contributed by atoms with van der Waals surface area (Å²) in [5, 5.41) is 7.20. The van der Waals surface area contributed by atoms with Crippen LogP contribution in [0, 0.1) is 6.92 Å². The zero-order valence-electron chi connectivity index (χ0n) is 15.1. The molecule has 0 spiro atoms. The topological polar surface area (TPSA) is 70.5 Å². The van der Waals surface area contributed by atoms with Gasteiger partial charge < -0.3 is 10.2 Å². The van der Waals surface area contributed by atoms with E-state index in [1.807, 2.05) is 22.6 Å². The molecule has 0 radical (unpaired) electrons. The molecule has 0 bridgehead atoms. The minimum atomic E-state index is 0.169. The number of amides is 2. The number of nitrogens with one attached hydrogen (secondary N) is 1. The van der Waals surface area contributed by atoms with Crippen molar-refractivity contribution in [2.24, 2.45) is 0 Å². The van der Waals surface area contributed by atoms with Gasteiger partial charge in [0.2, 0.25) is 11.8 Å². The summed E-state index contributed by atoms with van der Waals surface area (Å²) in [7, 11) is 0. The highest BCUT2D eigenvalue weighted by Gasteiger charge is 2.25. The molecule has 7 nitrogen and oxygen atoms in total. The molecule has 2 saturated heterocycles. The van der Waals surface area contributed by atoms with Crippen molar-refractivity contribution in [2.75, 3.05) is 32.7 Å². The molecule has 0 aromatic carbocycles. The monoisotopic (exact) mass is 347 g/mol. The van der Waals surface area contributed by atoms with Crippen molar-refractivity contribution in [1.82, 2.24) is 24.9 Å². The molecule has 0 saturated carbocycles. The van der Waals surface area contributed by atoms with E-state index in [1.54, 1.807) is 6.20 Å². The average Bonchev–Trinajstić information content (AvgIpc) is 2.80. The van der Waals surface area contributed by atoms with Gasteiger partial charge in [0.1, 0.15) is 0 Å². The van der Waals surface area contributed by atoms with E-state index in [4.69, 9.17) is 0 Å². The number of aryl methyl sites for hydroxylation is 2. The van der Waals surface area contributed by atoms with Crippen LogP contribution in [-0.2, 0) is 16.1 Å². The molecule has 2 aliphatic rings. The normalized spacial score (nSPS) is 23.0. The second-order valence-electron chi connectivity index (χ2n) is 7.05. The maximum absolute atomic E-state index is 12.5. The summed E-state index contributed by atoms with van der Waals surface area (Å²) in [4.78, 5) is 28.6. The zero-order chi connectivity index (χ0) is 17.6. The predicted molar refractivity (Wildman–Crippen MR) is 95.0 cm³/mol. The molecule has 1 aromatic rings. The second-order valence-corrected chi connectivity index (χ2v) is 7.05. The van der Waals surface area contributed by atoms with Gasteiger partial charge in [-0.25, -0.2) is 0 Å². The van der Waals surface area contributed by atoms with Gasteiger partial charge in [0.05, 0.1) is 0 Å². The highest BCUT2D eigenvalue weighted by molar-refractivity contribution is 5.76. The van der Waals surface area contributed by atoms with Gasteiger partial charge in [-0.05, 0) is 32.3 Å². The molecule has 2 aliphatic heterocycles. The number of aromatic nitrogens is 2. The maximum Gasteiger partial charge on any atom is 0.224 e. The van der Waals surface area contributed by atoms with Crippen molar-refractivity contribution >= 4 is 11.8 Å². The molecule has 3 rings (SSSR count). The van der Waals surface area contributed by atoms with Crippen molar-refractivity contribution in [3.8, 4) is 0 Å². The molecule has 2 fully saturated rings. The smallest absolute Gasteiger partial charge is 0.224 e. The Hall–Kier alpha value is -1.89. The summed E-state index contributed by atoms with van der Waals surface area (Å²) in [6.07, 6.45) is 5.84. The van der Waals surface area contributed by atoms with Crippen molar-refractivity contribution in [1.29, 1.82) is 0 Å². The molecule has 1 N–H and O–H groups in total. The van der Waals surface area contributed by atoms with E-state index in [0.29, 0.717) is 25.4 Å². The van der Waals surface area contributed by atoms with Crippen LogP contribution in [0.1, 0.15) is 37.8 Å². The van der Waals surface area contributed by atoms with Gasteiger partial charge in [0.25, 0.3) is 0 Å². The summed E-state index contributed by atoms with van der Waals surface area (Å²) < 4.78 is 1.89. The second kappa shape index (κ2) is 8.47. The fraction of sp³-hybridized carbons (Fsp3) is 0.722. The highest BCUT2D eigenvalue weighted by Crippen LogP contribution is 2.17. The lowest BCUT2D eigenvalue weighted by Gasteiger charge is -2.29. The van der Waals surface area contributed by atoms with E-state index in [9.17, 15) is 9.59 Å². The first-order valence-electron chi connectivity index (χ1n) is 9.40. The molecule has 3 heterocycles. The number of hydrogen-bond acceptors (Lipinski definition) is 4. The van der Waals surface area contributed by atoms with Crippen molar-refractivity contribution in [3.63, 3.8) is 0 Å². The summed E-state index contributed by atoms with van der Waals surface area (Å²) in [6, 6.07) is 2.42. The van der Waals surface area contributed by atoms with E-state index in [0.717, 1.165) is 57.7 Å². The Labute approximate surface area is 149 Å². The van der Waals surface area contributed by atoms with Crippen molar-refractivity contribution < 1.29 is 9.59 Å². The predicted octanol–water partition coefficient (Wildman–Crippen LogP) is 0.785. The first-order chi connectivity index (χ1) is 12.1. The van der Waals surface area contributed by atoms with Crippen LogP contribution in [0.5, 0.6) is 0 Å². The standard InChI is InChI=1S/C18H29N5O2/c1-15-5-9-20-23(15)12-7-18(25)22-11-2-10-21(13-14-22)16-3-4-17(24)19-8-6-16/h5,9,16H,2-4,6-8,10-14H2,1H3,(H,19,24). The van der Waals surface area contributed by atoms with E-state index < -0.39 is 0 Å². The molecule has 1 unspecified atom stereocenters. The average molecular weight is 347 g/mol. The Morgan fingerprint density at radius 1 is 1.28 bits per heavy atom. The zero-order valence-corrected chi connectivity index (χ0v) is 15.1. The highest BCUT2D eigenvalue weighted by atomic mass is 16.2. The Bertz CT molecular complexity index is 600. The van der Waals surface area contributed by atoms with Crippen LogP contribution in [0.15, 0.2) is 12.3 Å². The van der Waals surface area contributed by atoms with Crippen LogP contribution < -0.4 is 5.32 Å². The van der Waals surface area contributed by atoms with Crippen LogP contribution >= 0.6 is 0 Å². The fourth-order valence-corrected chi connectivity index (χ4v) is 3.82. The third-order valence-electron chi connectivity index (χ3n) is 5.37. The van der Waals surface area contributed by atoms with Gasteiger partial charge in [-0.3, -0.25) is 19.2 Å². The van der Waals surface area contributed by atoms with Crippen LogP contribution in [0.3, 0.4) is 0 Å². The SMILES string of the molecule is Cc1ccnn1CCC(=O)N1CCCN(C2CCNC(=O)CC2)CC1. The lowest BCUT2D eigenvalue weighted by Crippen LogP contribution is -2.40. The minimum absolute atomic E-state index is 0.169. The number of carbonyl (C=O) groups excluding carboxylic acids is 2. The van der Waals surface area contributed by atoms with Crippen LogP contribution in [0.2, 0.25) is 0 Å². The molecule has 1 aromatic heterocycles. The lowest BCUT2D eigenvalue weighted by molar-refractivity contribution is -0.131. The quantitative estimate of drug-likeness (QED) is 0.874. The summed E-state index contributed by atoms with van der Waals surface area (Å²) in [6.45, 7) is 6.96. The van der Waals surface area contributed by atoms with Crippen LogP contribution in [0.4, 0.5) is 0 Å².